The first kappa shape index (κ1) is 17.9. The Morgan fingerprint density at radius 1 is 1.43 bits per heavy atom. The molecule has 2 heterocycles. The van der Waals surface area contributed by atoms with Crippen LogP contribution in [-0.4, -0.2) is 56.1 Å². The van der Waals surface area contributed by atoms with Gasteiger partial charge in [0.15, 0.2) is 5.16 Å². The van der Waals surface area contributed by atoms with E-state index in [0.717, 1.165) is 0 Å². The van der Waals surface area contributed by atoms with Crippen LogP contribution in [0, 0.1) is 10.1 Å². The highest BCUT2D eigenvalue weighted by atomic mass is 32.2. The first-order chi connectivity index (χ1) is 11.0. The fourth-order valence-corrected chi connectivity index (χ4v) is 3.49. The van der Waals surface area contributed by atoms with Crippen LogP contribution in [0.2, 0.25) is 0 Å². The van der Waals surface area contributed by atoms with Crippen LogP contribution in [0.5, 0.6) is 5.88 Å². The molecule has 1 saturated heterocycles. The van der Waals surface area contributed by atoms with Crippen molar-refractivity contribution in [2.45, 2.75) is 31.5 Å². The van der Waals surface area contributed by atoms with Gasteiger partial charge < -0.3 is 9.64 Å². The monoisotopic (exact) mass is 360 g/mol. The average Bonchev–Trinajstić information content (AvgIpc) is 2.54. The van der Waals surface area contributed by atoms with Gasteiger partial charge in [0.2, 0.25) is 5.82 Å². The third-order valence-corrected chi connectivity index (χ3v) is 5.37. The average molecular weight is 360 g/mol. The number of rotatable bonds is 6. The molecule has 23 heavy (non-hydrogen) atoms. The largest absolute Gasteiger partial charge is 0.470 e. The van der Waals surface area contributed by atoms with Crippen LogP contribution in [0.1, 0.15) is 20.3 Å². The fourth-order valence-electron chi connectivity index (χ4n) is 2.08. The number of nitrogens with zero attached hydrogens (tertiary/aromatic N) is 4. The van der Waals surface area contributed by atoms with E-state index in [1.54, 1.807) is 4.90 Å². The molecule has 0 aromatic carbocycles. The quantitative estimate of drug-likeness (QED) is 0.328. The maximum absolute atomic E-state index is 11.6. The maximum atomic E-state index is 11.6. The van der Waals surface area contributed by atoms with Gasteiger partial charge in [-0.3, -0.25) is 14.3 Å². The van der Waals surface area contributed by atoms with Gasteiger partial charge in [-0.2, -0.15) is 9.97 Å². The maximum Gasteiger partial charge on any atom is 0.373 e. The fraction of sp³-hybridized carbons (Fsp3) is 0.692. The van der Waals surface area contributed by atoms with Crippen molar-refractivity contribution in [3.05, 3.63) is 10.1 Å². The molecule has 1 aromatic heterocycles. The van der Waals surface area contributed by atoms with Gasteiger partial charge in [-0.25, -0.2) is 0 Å². The summed E-state index contributed by atoms with van der Waals surface area (Å²) in [6, 6.07) is 0. The molecule has 1 aliphatic heterocycles. The summed E-state index contributed by atoms with van der Waals surface area (Å²) in [6.07, 6.45) is 2.34. The normalized spacial score (nSPS) is 17.1. The second-order valence-corrected chi connectivity index (χ2v) is 7.59. The van der Waals surface area contributed by atoms with E-state index < -0.39 is 15.7 Å². The van der Waals surface area contributed by atoms with E-state index in [9.17, 15) is 14.3 Å². The number of thioether (sulfide) groups is 1. The van der Waals surface area contributed by atoms with E-state index in [2.05, 4.69) is 9.97 Å². The highest BCUT2D eigenvalue weighted by molar-refractivity contribution is 7.98. The Bertz CT molecular complexity index is 604. The van der Waals surface area contributed by atoms with Crippen LogP contribution in [0.25, 0.3) is 0 Å². The van der Waals surface area contributed by atoms with Gasteiger partial charge >= 0.3 is 11.6 Å². The minimum atomic E-state index is -0.866. The summed E-state index contributed by atoms with van der Waals surface area (Å²) in [5, 5.41) is 12.0. The number of aromatic nitrogens is 2. The van der Waals surface area contributed by atoms with Crippen LogP contribution in [0.4, 0.5) is 11.5 Å². The Hall–Kier alpha value is -1.42. The Morgan fingerprint density at radius 2 is 2.09 bits per heavy atom. The van der Waals surface area contributed by atoms with Crippen LogP contribution in [0.15, 0.2) is 5.16 Å². The van der Waals surface area contributed by atoms with Gasteiger partial charge in [0.1, 0.15) is 0 Å². The summed E-state index contributed by atoms with van der Waals surface area (Å²) in [5.41, 5.74) is -0.212. The van der Waals surface area contributed by atoms with Crippen LogP contribution >= 0.6 is 11.8 Å². The first-order valence-corrected chi connectivity index (χ1v) is 10.0. The Labute approximate surface area is 141 Å². The van der Waals surface area contributed by atoms with Gasteiger partial charge in [-0.15, -0.1) is 0 Å². The molecule has 1 aromatic rings. The zero-order chi connectivity index (χ0) is 17.0. The second kappa shape index (κ2) is 7.91. The van der Waals surface area contributed by atoms with Gasteiger partial charge in [0, 0.05) is 35.4 Å². The summed E-state index contributed by atoms with van der Waals surface area (Å²) in [5.74, 6) is 1.23. The van der Waals surface area contributed by atoms with Crippen molar-refractivity contribution >= 4 is 34.1 Å². The number of hydrogen-bond donors (Lipinski definition) is 0. The number of nitro groups is 1. The van der Waals surface area contributed by atoms with Crippen molar-refractivity contribution in [3.63, 3.8) is 0 Å². The third-order valence-electron chi connectivity index (χ3n) is 3.54. The molecule has 1 atom stereocenters. The molecule has 0 bridgehead atoms. The molecule has 0 amide bonds. The number of anilines is 1. The Balaban J connectivity index is 2.47. The standard InChI is InChI=1S/C13H20N4O4S2/c1-4-9(2)21-12-10(17(18)19)11(14-13(15-12)22-3)16-5-7-23(20)8-6-16/h9H,4-8H2,1-3H3. The predicted molar refractivity (Wildman–Crippen MR) is 90.9 cm³/mol. The SMILES string of the molecule is CCC(C)Oc1nc(SC)nc(N2CCS(=O)CC2)c1[N+](=O)[O-]. The van der Waals surface area contributed by atoms with Gasteiger partial charge in [-0.1, -0.05) is 18.7 Å². The molecule has 2 rings (SSSR count). The van der Waals surface area contributed by atoms with Gasteiger partial charge in [0.05, 0.1) is 11.0 Å². The number of hydrogen-bond acceptors (Lipinski definition) is 8. The minimum Gasteiger partial charge on any atom is -0.470 e. The summed E-state index contributed by atoms with van der Waals surface area (Å²) in [6.45, 7) is 4.73. The second-order valence-electron chi connectivity index (χ2n) is 5.12. The third kappa shape index (κ3) is 4.31. The van der Waals surface area contributed by atoms with Crippen LogP contribution in [-0.2, 0) is 10.8 Å². The molecular weight excluding hydrogens is 340 g/mol. The Kier molecular flexibility index (Phi) is 6.17. The molecule has 128 valence electrons. The summed E-state index contributed by atoms with van der Waals surface area (Å²) in [4.78, 5) is 21.4. The van der Waals surface area contributed by atoms with Crippen molar-refractivity contribution in [3.8, 4) is 5.88 Å². The van der Waals surface area contributed by atoms with Crippen molar-refractivity contribution in [1.82, 2.24) is 9.97 Å². The van der Waals surface area contributed by atoms with Crippen LogP contribution < -0.4 is 9.64 Å². The van der Waals surface area contributed by atoms with Gasteiger partial charge in [0.25, 0.3) is 0 Å². The topological polar surface area (TPSA) is 98.5 Å². The van der Waals surface area contributed by atoms with Crippen molar-refractivity contribution < 1.29 is 13.9 Å². The molecule has 0 radical (unpaired) electrons. The zero-order valence-electron chi connectivity index (χ0n) is 13.4. The van der Waals surface area contributed by atoms with Crippen molar-refractivity contribution in [2.24, 2.45) is 0 Å². The smallest absolute Gasteiger partial charge is 0.373 e. The zero-order valence-corrected chi connectivity index (χ0v) is 15.0. The van der Waals surface area contributed by atoms with Crippen LogP contribution in [0.3, 0.4) is 0 Å². The molecular formula is C13H20N4O4S2. The lowest BCUT2D eigenvalue weighted by molar-refractivity contribution is -0.385. The van der Waals surface area contributed by atoms with E-state index in [0.29, 0.717) is 36.2 Å². The molecule has 10 heteroatoms. The summed E-state index contributed by atoms with van der Waals surface area (Å²) >= 11 is 1.31. The molecule has 1 aliphatic rings. The molecule has 0 saturated carbocycles. The van der Waals surface area contributed by atoms with E-state index in [-0.39, 0.29) is 23.5 Å². The lowest BCUT2D eigenvalue weighted by atomic mass is 10.3. The summed E-state index contributed by atoms with van der Waals surface area (Å²) in [7, 11) is -0.866. The predicted octanol–water partition coefficient (Wildman–Crippen LogP) is 1.85. The molecule has 0 spiro atoms. The summed E-state index contributed by atoms with van der Waals surface area (Å²) < 4.78 is 17.2. The van der Waals surface area contributed by atoms with E-state index in [1.807, 2.05) is 20.1 Å². The molecule has 1 unspecified atom stereocenters. The molecule has 8 nitrogen and oxygen atoms in total. The Morgan fingerprint density at radius 3 is 2.61 bits per heavy atom. The lowest BCUT2D eigenvalue weighted by Gasteiger charge is -2.27. The van der Waals surface area contributed by atoms with Gasteiger partial charge in [-0.05, 0) is 19.6 Å². The molecule has 1 fully saturated rings. The highest BCUT2D eigenvalue weighted by Gasteiger charge is 2.32. The molecule has 0 aliphatic carbocycles. The van der Waals surface area contributed by atoms with E-state index in [1.165, 1.54) is 11.8 Å². The van der Waals surface area contributed by atoms with Crippen molar-refractivity contribution in [1.29, 1.82) is 0 Å². The van der Waals surface area contributed by atoms with E-state index >= 15 is 0 Å². The minimum absolute atomic E-state index is 0.00500. The highest BCUT2D eigenvalue weighted by Crippen LogP contribution is 2.37. The molecule has 0 N–H and O–H groups in total. The lowest BCUT2D eigenvalue weighted by Crippen LogP contribution is -2.38. The van der Waals surface area contributed by atoms with Crippen molar-refractivity contribution in [2.75, 3.05) is 35.8 Å². The van der Waals surface area contributed by atoms with E-state index in [4.69, 9.17) is 4.74 Å². The number of ether oxygens (including phenoxy) is 1. The first-order valence-electron chi connectivity index (χ1n) is 7.33.